The van der Waals surface area contributed by atoms with Crippen molar-refractivity contribution in [3.05, 3.63) is 82.5 Å². The molecule has 0 radical (unpaired) electrons. The van der Waals surface area contributed by atoms with Gasteiger partial charge in [-0.05, 0) is 91.0 Å². The molecule has 0 fully saturated rings. The van der Waals surface area contributed by atoms with E-state index in [0.717, 1.165) is 66.9 Å². The molecule has 2 aromatic carbocycles. The third-order valence-corrected chi connectivity index (χ3v) is 8.18. The van der Waals surface area contributed by atoms with Gasteiger partial charge in [-0.25, -0.2) is 0 Å². The van der Waals surface area contributed by atoms with E-state index in [1.54, 1.807) is 0 Å². The Labute approximate surface area is 231 Å². The minimum atomic E-state index is -4.87. The molecule has 39 heavy (non-hydrogen) atoms. The number of anilines is 1. The maximum absolute atomic E-state index is 12.5. The molecule has 0 heterocycles. The lowest BCUT2D eigenvalue weighted by molar-refractivity contribution is 0.481. The fraction of sp³-hybridized carbons (Fsp3) is 0.345. The standard InChI is InChI=1S/C29H36N2O6S2/c1-5-7-15-30-26-13-9-22(17-20(26)3)29(23-10-14-27(21(4)18-23)31-16-8-6-2)25-12-11-24(38(32,33)34)19-28(25)39(35,36)37/h9-14,17-19,30H,5-8,15-16H2,1-4H3,(H,32,33,34)(H,35,36,37). The molecule has 0 unspecified atom stereocenters. The van der Waals surface area contributed by atoms with E-state index in [0.29, 0.717) is 23.3 Å². The Morgan fingerprint density at radius 2 is 1.62 bits per heavy atom. The number of aryl methyl sites for hydroxylation is 1. The maximum Gasteiger partial charge on any atom is 0.295 e. The molecule has 3 rings (SSSR count). The van der Waals surface area contributed by atoms with Gasteiger partial charge in [0.1, 0.15) is 4.90 Å². The van der Waals surface area contributed by atoms with Crippen LogP contribution in [0.2, 0.25) is 0 Å². The van der Waals surface area contributed by atoms with Gasteiger partial charge in [0.2, 0.25) is 0 Å². The number of nitrogens with zero attached hydrogens (tertiary/aromatic N) is 1. The zero-order chi connectivity index (χ0) is 28.8. The number of hydrogen-bond donors (Lipinski definition) is 3. The molecule has 0 atom stereocenters. The zero-order valence-corrected chi connectivity index (χ0v) is 24.4. The first kappa shape index (κ1) is 30.5. The van der Waals surface area contributed by atoms with Crippen LogP contribution in [0.3, 0.4) is 0 Å². The average molecular weight is 573 g/mol. The molecule has 2 aromatic rings. The summed E-state index contributed by atoms with van der Waals surface area (Å²) < 4.78 is 68.1. The van der Waals surface area contributed by atoms with E-state index in [1.165, 1.54) is 6.07 Å². The predicted octanol–water partition coefficient (Wildman–Crippen LogP) is 6.26. The van der Waals surface area contributed by atoms with Crippen molar-refractivity contribution in [3.8, 4) is 0 Å². The highest BCUT2D eigenvalue weighted by Crippen LogP contribution is 2.37. The van der Waals surface area contributed by atoms with Crippen LogP contribution < -0.4 is 5.32 Å². The maximum atomic E-state index is 12.5. The number of allylic oxidation sites excluding steroid dienone is 5. The van der Waals surface area contributed by atoms with Gasteiger partial charge >= 0.3 is 0 Å². The van der Waals surface area contributed by atoms with Gasteiger partial charge in [0.05, 0.1) is 10.6 Å². The second-order valence-corrected chi connectivity index (χ2v) is 12.3. The lowest BCUT2D eigenvalue weighted by atomic mass is 9.88. The van der Waals surface area contributed by atoms with Gasteiger partial charge in [0.25, 0.3) is 20.2 Å². The van der Waals surface area contributed by atoms with Gasteiger partial charge in [0.15, 0.2) is 0 Å². The Bertz CT molecular complexity index is 1570. The molecule has 0 aromatic heterocycles. The molecule has 0 saturated heterocycles. The molecule has 8 nitrogen and oxygen atoms in total. The summed E-state index contributed by atoms with van der Waals surface area (Å²) in [6, 6.07) is 8.88. The summed E-state index contributed by atoms with van der Waals surface area (Å²) in [6.07, 6.45) is 9.67. The third kappa shape index (κ3) is 7.76. The van der Waals surface area contributed by atoms with E-state index in [2.05, 4.69) is 24.2 Å². The van der Waals surface area contributed by atoms with Crippen molar-refractivity contribution >= 4 is 37.2 Å². The topological polar surface area (TPSA) is 133 Å². The smallest absolute Gasteiger partial charge is 0.295 e. The normalized spacial score (nSPS) is 16.4. The second-order valence-electron chi connectivity index (χ2n) is 9.53. The number of benzene rings is 2. The molecular weight excluding hydrogens is 536 g/mol. The molecular formula is C29H36N2O6S2. The highest BCUT2D eigenvalue weighted by atomic mass is 32.2. The van der Waals surface area contributed by atoms with Gasteiger partial charge < -0.3 is 5.32 Å². The molecule has 3 N–H and O–H groups in total. The van der Waals surface area contributed by atoms with Crippen molar-refractivity contribution in [1.29, 1.82) is 0 Å². The summed E-state index contributed by atoms with van der Waals surface area (Å²) in [5, 5.41) is 3.41. The largest absolute Gasteiger partial charge is 0.385 e. The van der Waals surface area contributed by atoms with Crippen LogP contribution in [-0.2, 0) is 20.2 Å². The van der Waals surface area contributed by atoms with Crippen LogP contribution in [0.5, 0.6) is 0 Å². The number of unbranched alkanes of at least 4 members (excludes halogenated alkanes) is 2. The Hall–Kier alpha value is -3.05. The first-order valence-electron chi connectivity index (χ1n) is 13.0. The summed E-state index contributed by atoms with van der Waals surface area (Å²) in [6.45, 7) is 9.59. The molecule has 1 aliphatic carbocycles. The van der Waals surface area contributed by atoms with Crippen molar-refractivity contribution < 1.29 is 25.9 Å². The summed E-state index contributed by atoms with van der Waals surface area (Å²) >= 11 is 0. The summed E-state index contributed by atoms with van der Waals surface area (Å²) in [5.74, 6) is 0. The van der Waals surface area contributed by atoms with Crippen molar-refractivity contribution in [2.24, 2.45) is 4.99 Å². The first-order chi connectivity index (χ1) is 18.4. The minimum absolute atomic E-state index is 0.103. The summed E-state index contributed by atoms with van der Waals surface area (Å²) in [4.78, 5) is 3.40. The monoisotopic (exact) mass is 572 g/mol. The molecule has 210 valence electrons. The van der Waals surface area contributed by atoms with E-state index in [-0.39, 0.29) is 5.56 Å². The van der Waals surface area contributed by atoms with E-state index in [1.807, 2.05) is 50.3 Å². The van der Waals surface area contributed by atoms with Gasteiger partial charge in [-0.1, -0.05) is 44.9 Å². The number of rotatable bonds is 11. The van der Waals surface area contributed by atoms with Crippen LogP contribution in [0.4, 0.5) is 5.69 Å². The molecule has 10 heteroatoms. The molecule has 0 bridgehead atoms. The Kier molecular flexibility index (Phi) is 10.1. The van der Waals surface area contributed by atoms with Crippen LogP contribution in [0.1, 0.15) is 63.1 Å². The zero-order valence-electron chi connectivity index (χ0n) is 22.7. The fourth-order valence-corrected chi connectivity index (χ4v) is 5.63. The number of aliphatic imine (C=N–C) groups is 1. The van der Waals surface area contributed by atoms with Crippen molar-refractivity contribution in [2.75, 3.05) is 18.4 Å². The lowest BCUT2D eigenvalue weighted by Crippen LogP contribution is -2.09. The predicted molar refractivity (Wildman–Crippen MR) is 157 cm³/mol. The second kappa shape index (κ2) is 12.9. The first-order valence-corrected chi connectivity index (χ1v) is 15.8. The van der Waals surface area contributed by atoms with E-state index >= 15 is 0 Å². The summed E-state index contributed by atoms with van der Waals surface area (Å²) in [7, 11) is -9.58. The van der Waals surface area contributed by atoms with Crippen LogP contribution in [0, 0.1) is 6.92 Å². The van der Waals surface area contributed by atoms with Crippen LogP contribution in [-0.4, -0.2) is 44.7 Å². The quantitative estimate of drug-likeness (QED) is 0.214. The van der Waals surface area contributed by atoms with Gasteiger partial charge in [-0.2, -0.15) is 16.8 Å². The Morgan fingerprint density at radius 3 is 2.21 bits per heavy atom. The SMILES string of the molecule is CCCCN=C1C=CC(=C(c2ccc(NCCCC)c(C)c2)c2ccc(S(=O)(=O)O)cc2S(=O)(=O)O)C=C1C. The summed E-state index contributed by atoms with van der Waals surface area (Å²) in [5.41, 5.74) is 5.53. The van der Waals surface area contributed by atoms with Gasteiger partial charge in [-0.3, -0.25) is 14.1 Å². The van der Waals surface area contributed by atoms with Crippen LogP contribution in [0.25, 0.3) is 5.57 Å². The van der Waals surface area contributed by atoms with Crippen molar-refractivity contribution in [3.63, 3.8) is 0 Å². The molecule has 1 aliphatic rings. The molecule has 0 amide bonds. The Balaban J connectivity index is 2.28. The van der Waals surface area contributed by atoms with Crippen LogP contribution >= 0.6 is 0 Å². The van der Waals surface area contributed by atoms with E-state index in [4.69, 9.17) is 0 Å². The minimum Gasteiger partial charge on any atom is -0.385 e. The van der Waals surface area contributed by atoms with Crippen LogP contribution in [0.15, 0.2) is 80.6 Å². The molecule has 0 spiro atoms. The van der Waals surface area contributed by atoms with Gasteiger partial charge in [0, 0.05) is 24.3 Å². The van der Waals surface area contributed by atoms with Crippen molar-refractivity contribution in [1.82, 2.24) is 0 Å². The molecule has 0 saturated carbocycles. The van der Waals surface area contributed by atoms with E-state index < -0.39 is 30.0 Å². The number of nitrogens with one attached hydrogen (secondary N) is 1. The highest BCUT2D eigenvalue weighted by Gasteiger charge is 2.25. The lowest BCUT2D eigenvalue weighted by Gasteiger charge is -2.19. The van der Waals surface area contributed by atoms with Crippen molar-refractivity contribution in [2.45, 2.75) is 63.2 Å². The number of hydrogen-bond acceptors (Lipinski definition) is 6. The average Bonchev–Trinajstić information content (AvgIpc) is 2.86. The third-order valence-electron chi connectivity index (χ3n) is 6.44. The fourth-order valence-electron chi connectivity index (χ4n) is 4.32. The highest BCUT2D eigenvalue weighted by molar-refractivity contribution is 7.86. The van der Waals surface area contributed by atoms with E-state index in [9.17, 15) is 25.9 Å². The van der Waals surface area contributed by atoms with Gasteiger partial charge in [-0.15, -0.1) is 0 Å². The molecule has 0 aliphatic heterocycles. The Morgan fingerprint density at radius 1 is 0.897 bits per heavy atom.